The average Bonchev–Trinajstić information content (AvgIpc) is 2.59. The van der Waals surface area contributed by atoms with E-state index in [0.29, 0.717) is 34.4 Å². The molecule has 2 aromatic carbocycles. The quantitative estimate of drug-likeness (QED) is 0.880. The predicted octanol–water partition coefficient (Wildman–Crippen LogP) is 3.30. The van der Waals surface area contributed by atoms with Crippen molar-refractivity contribution in [2.24, 2.45) is 0 Å². The fourth-order valence-electron chi connectivity index (χ4n) is 2.12. The third-order valence-electron chi connectivity index (χ3n) is 3.35. The first-order chi connectivity index (χ1) is 11.1. The summed E-state index contributed by atoms with van der Waals surface area (Å²) in [6, 6.07) is 10.5. The van der Waals surface area contributed by atoms with Gasteiger partial charge in [0.25, 0.3) is 5.91 Å². The summed E-state index contributed by atoms with van der Waals surface area (Å²) in [5, 5.41) is 3.42. The van der Waals surface area contributed by atoms with Crippen molar-refractivity contribution in [1.29, 1.82) is 0 Å². The van der Waals surface area contributed by atoms with Crippen LogP contribution in [0.1, 0.15) is 15.9 Å². The molecule has 0 atom stereocenters. The van der Waals surface area contributed by atoms with Gasteiger partial charge in [-0.15, -0.1) is 0 Å². The Bertz CT molecular complexity index is 703. The molecular weight excluding hydrogens is 318 g/mol. The van der Waals surface area contributed by atoms with Crippen LogP contribution >= 0.6 is 11.6 Å². The number of amides is 1. The van der Waals surface area contributed by atoms with Gasteiger partial charge in [-0.2, -0.15) is 0 Å². The van der Waals surface area contributed by atoms with Gasteiger partial charge in [0, 0.05) is 23.7 Å². The molecule has 0 unspecified atom stereocenters. The van der Waals surface area contributed by atoms with E-state index in [1.807, 2.05) is 18.2 Å². The Hall–Kier alpha value is -2.40. The molecular formula is C17H18ClNO4. The Morgan fingerprint density at radius 2 is 1.61 bits per heavy atom. The maximum atomic E-state index is 12.4. The lowest BCUT2D eigenvalue weighted by atomic mass is 10.1. The molecule has 0 aliphatic heterocycles. The molecule has 2 rings (SSSR count). The molecule has 0 bridgehead atoms. The van der Waals surface area contributed by atoms with Gasteiger partial charge in [-0.05, 0) is 11.6 Å². The highest BCUT2D eigenvalue weighted by molar-refractivity contribution is 6.31. The van der Waals surface area contributed by atoms with Gasteiger partial charge in [-0.1, -0.05) is 29.8 Å². The standard InChI is InChI=1S/C17H18ClNO4/c1-21-14-9-16(23-3)15(22-2)8-12(14)17(20)19-10-11-6-4-5-7-13(11)18/h4-9H,10H2,1-3H3,(H,19,20). The molecule has 0 aromatic heterocycles. The Morgan fingerprint density at radius 1 is 1.00 bits per heavy atom. The highest BCUT2D eigenvalue weighted by Gasteiger charge is 2.17. The van der Waals surface area contributed by atoms with Crippen LogP contribution in [0.5, 0.6) is 17.2 Å². The molecule has 0 aliphatic carbocycles. The zero-order chi connectivity index (χ0) is 16.8. The Balaban J connectivity index is 2.23. The smallest absolute Gasteiger partial charge is 0.255 e. The van der Waals surface area contributed by atoms with Gasteiger partial charge in [-0.3, -0.25) is 4.79 Å². The summed E-state index contributed by atoms with van der Waals surface area (Å²) in [6.45, 7) is 0.315. The van der Waals surface area contributed by atoms with Crippen LogP contribution in [0.3, 0.4) is 0 Å². The highest BCUT2D eigenvalue weighted by atomic mass is 35.5. The molecule has 6 heteroatoms. The van der Waals surface area contributed by atoms with Crippen molar-refractivity contribution in [3.63, 3.8) is 0 Å². The van der Waals surface area contributed by atoms with Crippen LogP contribution in [0.15, 0.2) is 36.4 Å². The van der Waals surface area contributed by atoms with Gasteiger partial charge in [0.15, 0.2) is 11.5 Å². The Morgan fingerprint density at radius 3 is 2.22 bits per heavy atom. The second-order valence-electron chi connectivity index (χ2n) is 4.68. The lowest BCUT2D eigenvalue weighted by molar-refractivity contribution is 0.0947. The zero-order valence-corrected chi connectivity index (χ0v) is 13.9. The highest BCUT2D eigenvalue weighted by Crippen LogP contribution is 2.34. The zero-order valence-electron chi connectivity index (χ0n) is 13.2. The van der Waals surface area contributed by atoms with Crippen molar-refractivity contribution in [3.8, 4) is 17.2 Å². The minimum atomic E-state index is -0.289. The minimum Gasteiger partial charge on any atom is -0.496 e. The van der Waals surface area contributed by atoms with Crippen LogP contribution in [0.2, 0.25) is 5.02 Å². The molecule has 0 spiro atoms. The summed E-state index contributed by atoms with van der Waals surface area (Å²) in [7, 11) is 4.52. The summed E-state index contributed by atoms with van der Waals surface area (Å²) in [5.74, 6) is 1.06. The van der Waals surface area contributed by atoms with E-state index in [-0.39, 0.29) is 5.91 Å². The first-order valence-electron chi connectivity index (χ1n) is 6.92. The summed E-state index contributed by atoms with van der Waals surface area (Å²) < 4.78 is 15.7. The maximum absolute atomic E-state index is 12.4. The van der Waals surface area contributed by atoms with Crippen molar-refractivity contribution < 1.29 is 19.0 Å². The van der Waals surface area contributed by atoms with Crippen molar-refractivity contribution in [2.75, 3.05) is 21.3 Å². The van der Waals surface area contributed by atoms with Gasteiger partial charge in [-0.25, -0.2) is 0 Å². The molecule has 5 nitrogen and oxygen atoms in total. The van der Waals surface area contributed by atoms with Gasteiger partial charge in [0.2, 0.25) is 0 Å². The number of carbonyl (C=O) groups is 1. The molecule has 122 valence electrons. The number of hydrogen-bond acceptors (Lipinski definition) is 4. The number of hydrogen-bond donors (Lipinski definition) is 1. The predicted molar refractivity (Wildman–Crippen MR) is 88.7 cm³/mol. The summed E-state index contributed by atoms with van der Waals surface area (Å²) in [4.78, 5) is 12.4. The molecule has 0 heterocycles. The van der Waals surface area contributed by atoms with Gasteiger partial charge in [0.1, 0.15) is 5.75 Å². The van der Waals surface area contributed by atoms with Gasteiger partial charge < -0.3 is 19.5 Å². The van der Waals surface area contributed by atoms with Gasteiger partial charge >= 0.3 is 0 Å². The van der Waals surface area contributed by atoms with E-state index in [0.717, 1.165) is 5.56 Å². The number of halogens is 1. The van der Waals surface area contributed by atoms with Crippen LogP contribution in [0, 0.1) is 0 Å². The summed E-state index contributed by atoms with van der Waals surface area (Å²) in [6.07, 6.45) is 0. The topological polar surface area (TPSA) is 56.8 Å². The van der Waals surface area contributed by atoms with E-state index in [1.54, 1.807) is 18.2 Å². The van der Waals surface area contributed by atoms with Crippen LogP contribution in [-0.2, 0) is 6.54 Å². The van der Waals surface area contributed by atoms with Crippen molar-refractivity contribution in [2.45, 2.75) is 6.54 Å². The van der Waals surface area contributed by atoms with E-state index >= 15 is 0 Å². The molecule has 23 heavy (non-hydrogen) atoms. The number of carbonyl (C=O) groups excluding carboxylic acids is 1. The van der Waals surface area contributed by atoms with E-state index in [9.17, 15) is 4.79 Å². The average molecular weight is 336 g/mol. The number of methoxy groups -OCH3 is 3. The maximum Gasteiger partial charge on any atom is 0.255 e. The Kier molecular flexibility index (Phi) is 5.71. The molecule has 2 aromatic rings. The second kappa shape index (κ2) is 7.74. The fraction of sp³-hybridized carbons (Fsp3) is 0.235. The normalized spacial score (nSPS) is 10.1. The SMILES string of the molecule is COc1cc(OC)c(C(=O)NCc2ccccc2Cl)cc1OC. The van der Waals surface area contributed by atoms with Crippen LogP contribution < -0.4 is 19.5 Å². The number of rotatable bonds is 6. The van der Waals surface area contributed by atoms with Crippen molar-refractivity contribution in [1.82, 2.24) is 5.32 Å². The van der Waals surface area contributed by atoms with Crippen LogP contribution in [-0.4, -0.2) is 27.2 Å². The van der Waals surface area contributed by atoms with Crippen molar-refractivity contribution in [3.05, 3.63) is 52.5 Å². The molecule has 0 saturated carbocycles. The van der Waals surface area contributed by atoms with E-state index in [1.165, 1.54) is 21.3 Å². The molecule has 1 amide bonds. The molecule has 1 N–H and O–H groups in total. The third-order valence-corrected chi connectivity index (χ3v) is 3.72. The largest absolute Gasteiger partial charge is 0.496 e. The van der Waals surface area contributed by atoms with Crippen molar-refractivity contribution >= 4 is 17.5 Å². The van der Waals surface area contributed by atoms with E-state index in [2.05, 4.69) is 5.32 Å². The minimum absolute atomic E-state index is 0.289. The van der Waals surface area contributed by atoms with Gasteiger partial charge in [0.05, 0.1) is 26.9 Å². The Labute approximate surface area is 140 Å². The van der Waals surface area contributed by atoms with Crippen LogP contribution in [0.4, 0.5) is 0 Å². The number of nitrogens with one attached hydrogen (secondary N) is 1. The van der Waals surface area contributed by atoms with E-state index in [4.69, 9.17) is 25.8 Å². The van der Waals surface area contributed by atoms with E-state index < -0.39 is 0 Å². The lowest BCUT2D eigenvalue weighted by Crippen LogP contribution is -2.23. The summed E-state index contributed by atoms with van der Waals surface area (Å²) in [5.41, 5.74) is 1.19. The molecule has 0 fully saturated rings. The number of ether oxygens (including phenoxy) is 3. The first kappa shape index (κ1) is 17.0. The number of benzene rings is 2. The first-order valence-corrected chi connectivity index (χ1v) is 7.30. The molecule has 0 radical (unpaired) electrons. The molecule has 0 saturated heterocycles. The second-order valence-corrected chi connectivity index (χ2v) is 5.09. The monoisotopic (exact) mass is 335 g/mol. The third kappa shape index (κ3) is 3.87. The van der Waals surface area contributed by atoms with Crippen LogP contribution in [0.25, 0.3) is 0 Å². The molecule has 0 aliphatic rings. The summed E-state index contributed by atoms with van der Waals surface area (Å²) >= 11 is 6.09. The lowest BCUT2D eigenvalue weighted by Gasteiger charge is -2.14. The fourth-order valence-corrected chi connectivity index (χ4v) is 2.32.